The fourth-order valence-corrected chi connectivity index (χ4v) is 3.24. The second-order valence-corrected chi connectivity index (χ2v) is 6.75. The minimum atomic E-state index is -0.242. The molecule has 0 bridgehead atoms. The third-order valence-electron chi connectivity index (χ3n) is 4.72. The van der Waals surface area contributed by atoms with Gasteiger partial charge in [-0.3, -0.25) is 9.69 Å². The maximum atomic E-state index is 12.9. The molecule has 2 aromatic rings. The highest BCUT2D eigenvalue weighted by Gasteiger charge is 2.22. The average Bonchev–Trinajstić information content (AvgIpc) is 2.66. The first-order valence-electron chi connectivity index (χ1n) is 8.84. The number of rotatable bonds is 6. The van der Waals surface area contributed by atoms with E-state index in [0.29, 0.717) is 13.2 Å². The Morgan fingerprint density at radius 3 is 2.69 bits per heavy atom. The molecular weight excluding hydrogens is 333 g/mol. The van der Waals surface area contributed by atoms with E-state index in [-0.39, 0.29) is 17.7 Å². The summed E-state index contributed by atoms with van der Waals surface area (Å²) in [5, 5.41) is 0. The Morgan fingerprint density at radius 1 is 1.19 bits per heavy atom. The second kappa shape index (κ2) is 8.32. The zero-order chi connectivity index (χ0) is 18.5. The molecule has 0 N–H and O–H groups in total. The molecule has 3 rings (SSSR count). The smallest absolute Gasteiger partial charge is 0.309 e. The van der Waals surface area contributed by atoms with Crippen LogP contribution < -0.4 is 4.74 Å². The number of carbonyl (C=O) groups excluding carboxylic acids is 1. The highest BCUT2D eigenvalue weighted by Crippen LogP contribution is 2.25. The minimum absolute atomic E-state index is 0.125. The van der Waals surface area contributed by atoms with E-state index in [9.17, 15) is 9.18 Å². The van der Waals surface area contributed by atoms with Gasteiger partial charge in [0.15, 0.2) is 0 Å². The van der Waals surface area contributed by atoms with Crippen molar-refractivity contribution >= 4 is 5.97 Å². The van der Waals surface area contributed by atoms with Gasteiger partial charge in [0.1, 0.15) is 18.2 Å². The molecule has 138 valence electrons. The lowest BCUT2D eigenvalue weighted by molar-refractivity contribution is -0.145. The summed E-state index contributed by atoms with van der Waals surface area (Å²) in [5.74, 6) is 0.290. The van der Waals surface area contributed by atoms with Gasteiger partial charge >= 0.3 is 5.97 Å². The van der Waals surface area contributed by atoms with Gasteiger partial charge in [-0.2, -0.15) is 0 Å². The summed E-state index contributed by atoms with van der Waals surface area (Å²) < 4.78 is 23.6. The molecule has 0 saturated carbocycles. The maximum absolute atomic E-state index is 12.9. The minimum Gasteiger partial charge on any atom is -0.489 e. The number of esters is 1. The standard InChI is InChI=1S/C21H24FNO3/c1-15(21(24)25-2)12-23-10-9-17-11-20(8-5-18(17)13-23)26-14-16-3-6-19(22)7-4-16/h3-8,11,15H,9-10,12-14H2,1-2H3. The fourth-order valence-electron chi connectivity index (χ4n) is 3.24. The van der Waals surface area contributed by atoms with Crippen molar-refractivity contribution in [3.05, 3.63) is 65.0 Å². The van der Waals surface area contributed by atoms with E-state index >= 15 is 0 Å². The molecular formula is C21H24FNO3. The molecule has 26 heavy (non-hydrogen) atoms. The quantitative estimate of drug-likeness (QED) is 0.741. The Bertz CT molecular complexity index is 760. The topological polar surface area (TPSA) is 38.8 Å². The van der Waals surface area contributed by atoms with Crippen LogP contribution in [0, 0.1) is 11.7 Å². The Morgan fingerprint density at radius 2 is 1.96 bits per heavy atom. The highest BCUT2D eigenvalue weighted by atomic mass is 19.1. The number of ether oxygens (including phenoxy) is 2. The van der Waals surface area contributed by atoms with E-state index in [1.807, 2.05) is 13.0 Å². The normalized spacial score (nSPS) is 15.2. The predicted octanol–water partition coefficient (Wildman–Crippen LogP) is 3.57. The summed E-state index contributed by atoms with van der Waals surface area (Å²) in [6.07, 6.45) is 0.928. The van der Waals surface area contributed by atoms with Crippen molar-refractivity contribution in [1.29, 1.82) is 0 Å². The largest absolute Gasteiger partial charge is 0.489 e. The first-order valence-corrected chi connectivity index (χ1v) is 8.84. The van der Waals surface area contributed by atoms with Crippen LogP contribution in [0.2, 0.25) is 0 Å². The molecule has 0 saturated heterocycles. The summed E-state index contributed by atoms with van der Waals surface area (Å²) in [6, 6.07) is 12.5. The molecule has 1 atom stereocenters. The molecule has 5 heteroatoms. The van der Waals surface area contributed by atoms with Gasteiger partial charge < -0.3 is 9.47 Å². The van der Waals surface area contributed by atoms with Crippen LogP contribution >= 0.6 is 0 Å². The molecule has 1 unspecified atom stereocenters. The third-order valence-corrected chi connectivity index (χ3v) is 4.72. The van der Waals surface area contributed by atoms with Crippen LogP contribution in [-0.4, -0.2) is 31.1 Å². The SMILES string of the molecule is COC(=O)C(C)CN1CCc2cc(OCc3ccc(F)cc3)ccc2C1. The Kier molecular flexibility index (Phi) is 5.89. The number of hydrogen-bond acceptors (Lipinski definition) is 4. The molecule has 4 nitrogen and oxygen atoms in total. The van der Waals surface area contributed by atoms with Gasteiger partial charge in [0.2, 0.25) is 0 Å². The Balaban J connectivity index is 1.58. The monoisotopic (exact) mass is 357 g/mol. The van der Waals surface area contributed by atoms with Gasteiger partial charge in [0.25, 0.3) is 0 Å². The number of hydrogen-bond donors (Lipinski definition) is 0. The van der Waals surface area contributed by atoms with E-state index in [2.05, 4.69) is 17.0 Å². The van der Waals surface area contributed by atoms with Crippen LogP contribution in [0.3, 0.4) is 0 Å². The molecule has 1 aliphatic rings. The summed E-state index contributed by atoms with van der Waals surface area (Å²) in [5.41, 5.74) is 3.48. The maximum Gasteiger partial charge on any atom is 0.309 e. The lowest BCUT2D eigenvalue weighted by Crippen LogP contribution is -2.36. The number of carbonyl (C=O) groups is 1. The van der Waals surface area contributed by atoms with Crippen LogP contribution in [0.15, 0.2) is 42.5 Å². The van der Waals surface area contributed by atoms with E-state index in [1.54, 1.807) is 12.1 Å². The van der Waals surface area contributed by atoms with Crippen LogP contribution in [0.25, 0.3) is 0 Å². The van der Waals surface area contributed by atoms with Crippen LogP contribution in [0.4, 0.5) is 4.39 Å². The van der Waals surface area contributed by atoms with Crippen LogP contribution in [0.1, 0.15) is 23.6 Å². The first-order chi connectivity index (χ1) is 12.5. The number of fused-ring (bicyclic) bond motifs is 1. The number of halogens is 1. The van der Waals surface area contributed by atoms with E-state index < -0.39 is 0 Å². The van der Waals surface area contributed by atoms with Crippen molar-refractivity contribution in [3.63, 3.8) is 0 Å². The van der Waals surface area contributed by atoms with Crippen molar-refractivity contribution in [2.24, 2.45) is 5.92 Å². The molecule has 1 heterocycles. The van der Waals surface area contributed by atoms with Crippen LogP contribution in [0.5, 0.6) is 5.75 Å². The van der Waals surface area contributed by atoms with Gasteiger partial charge in [-0.25, -0.2) is 4.39 Å². The van der Waals surface area contributed by atoms with Crippen molar-refractivity contribution in [3.8, 4) is 5.75 Å². The molecule has 0 aromatic heterocycles. The van der Waals surface area contributed by atoms with Crippen molar-refractivity contribution in [1.82, 2.24) is 4.90 Å². The zero-order valence-electron chi connectivity index (χ0n) is 15.2. The van der Waals surface area contributed by atoms with E-state index in [0.717, 1.165) is 30.8 Å². The summed E-state index contributed by atoms with van der Waals surface area (Å²) >= 11 is 0. The van der Waals surface area contributed by atoms with Gasteiger partial charge in [-0.15, -0.1) is 0 Å². The molecule has 0 radical (unpaired) electrons. The summed E-state index contributed by atoms with van der Waals surface area (Å²) in [4.78, 5) is 13.9. The summed E-state index contributed by atoms with van der Waals surface area (Å²) in [7, 11) is 1.43. The molecule has 2 aromatic carbocycles. The lowest BCUT2D eigenvalue weighted by atomic mass is 9.98. The van der Waals surface area contributed by atoms with Crippen molar-refractivity contribution in [2.45, 2.75) is 26.5 Å². The number of benzene rings is 2. The van der Waals surface area contributed by atoms with E-state index in [1.165, 1.54) is 30.4 Å². The number of methoxy groups -OCH3 is 1. The fraction of sp³-hybridized carbons (Fsp3) is 0.381. The molecule has 0 spiro atoms. The zero-order valence-corrected chi connectivity index (χ0v) is 15.2. The van der Waals surface area contributed by atoms with Gasteiger partial charge in [-0.1, -0.05) is 25.1 Å². The van der Waals surface area contributed by atoms with Crippen molar-refractivity contribution in [2.75, 3.05) is 20.2 Å². The molecule has 0 amide bonds. The summed E-state index contributed by atoms with van der Waals surface area (Å²) in [6.45, 7) is 4.76. The Labute approximate surface area is 153 Å². The third kappa shape index (κ3) is 4.61. The Hall–Kier alpha value is -2.40. The van der Waals surface area contributed by atoms with Gasteiger partial charge in [0.05, 0.1) is 13.0 Å². The highest BCUT2D eigenvalue weighted by molar-refractivity contribution is 5.72. The number of nitrogens with zero attached hydrogens (tertiary/aromatic N) is 1. The van der Waals surface area contributed by atoms with Crippen LogP contribution in [-0.2, 0) is 29.1 Å². The van der Waals surface area contributed by atoms with Gasteiger partial charge in [-0.05, 0) is 47.4 Å². The molecule has 0 fully saturated rings. The molecule has 1 aliphatic heterocycles. The average molecular weight is 357 g/mol. The van der Waals surface area contributed by atoms with Gasteiger partial charge in [0, 0.05) is 19.6 Å². The molecule has 0 aliphatic carbocycles. The van der Waals surface area contributed by atoms with E-state index in [4.69, 9.17) is 9.47 Å². The van der Waals surface area contributed by atoms with Crippen molar-refractivity contribution < 1.29 is 18.7 Å². The predicted molar refractivity (Wildman–Crippen MR) is 97.3 cm³/mol. The lowest BCUT2D eigenvalue weighted by Gasteiger charge is -2.30. The second-order valence-electron chi connectivity index (χ2n) is 6.75. The first kappa shape index (κ1) is 18.4.